The molecule has 1 unspecified atom stereocenters. The minimum absolute atomic E-state index is 0.216. The highest BCUT2D eigenvalue weighted by Gasteiger charge is 2.34. The molecule has 0 aliphatic heterocycles. The molecule has 1 atom stereocenters. The lowest BCUT2D eigenvalue weighted by Crippen LogP contribution is -2.26. The second-order valence-corrected chi connectivity index (χ2v) is 18.5. The first-order valence-electron chi connectivity index (χ1n) is 12.6. The summed E-state index contributed by atoms with van der Waals surface area (Å²) in [6, 6.07) is 27.0. The average molecular weight is 491 g/mol. The highest BCUT2D eigenvalue weighted by atomic mass is 31.1. The van der Waals surface area contributed by atoms with Crippen LogP contribution in [0.1, 0.15) is 73.4 Å². The molecule has 0 aromatic heterocycles. The molecule has 0 heterocycles. The van der Waals surface area contributed by atoms with E-state index in [2.05, 4.69) is 135 Å². The van der Waals surface area contributed by atoms with Gasteiger partial charge in [0.2, 0.25) is 0 Å². The molecule has 0 bridgehead atoms. The second-order valence-electron chi connectivity index (χ2n) is 12.4. The Morgan fingerprint density at radius 3 is 1.38 bits per heavy atom. The van der Waals surface area contributed by atoms with Crippen molar-refractivity contribution < 1.29 is 0 Å². The van der Waals surface area contributed by atoms with Crippen LogP contribution in [0.4, 0.5) is 0 Å². The highest BCUT2D eigenvalue weighted by molar-refractivity contribution is 7.60. The lowest BCUT2D eigenvalue weighted by atomic mass is 9.91. The van der Waals surface area contributed by atoms with Gasteiger partial charge in [-0.1, -0.05) is 131 Å². The smallest absolute Gasteiger partial charge is 0.00606 e. The summed E-state index contributed by atoms with van der Waals surface area (Å²) >= 11 is 0. The molecule has 0 saturated heterocycles. The van der Waals surface area contributed by atoms with Gasteiger partial charge in [-0.3, -0.25) is 0 Å². The Hall–Kier alpha value is -1.48. The maximum absolute atomic E-state index is 2.55. The fourth-order valence-corrected chi connectivity index (χ4v) is 9.37. The summed E-state index contributed by atoms with van der Waals surface area (Å²) in [5.74, 6) is 0. The molecule has 0 spiro atoms. The van der Waals surface area contributed by atoms with Crippen molar-refractivity contribution >= 4 is 16.5 Å². The van der Waals surface area contributed by atoms with Gasteiger partial charge in [0.1, 0.15) is 0 Å². The molecule has 34 heavy (non-hydrogen) atoms. The number of benzene rings is 3. The first-order valence-corrected chi connectivity index (χ1v) is 15.3. The summed E-state index contributed by atoms with van der Waals surface area (Å²) in [6.07, 6.45) is 2.34. The van der Waals surface area contributed by atoms with Gasteiger partial charge < -0.3 is 0 Å². The molecule has 0 aliphatic carbocycles. The molecule has 0 N–H and O–H groups in total. The fourth-order valence-electron chi connectivity index (χ4n) is 4.73. The summed E-state index contributed by atoms with van der Waals surface area (Å²) in [6.45, 7) is 21.8. The minimum atomic E-state index is -0.216. The second kappa shape index (κ2) is 10.6. The zero-order valence-corrected chi connectivity index (χ0v) is 24.7. The van der Waals surface area contributed by atoms with Crippen LogP contribution in [0.5, 0.6) is 0 Å². The molecule has 182 valence electrons. The Balaban J connectivity index is 2.23. The van der Waals surface area contributed by atoms with Crippen LogP contribution in [0.2, 0.25) is 0 Å². The molecule has 0 saturated carbocycles. The quantitative estimate of drug-likeness (QED) is 0.301. The SMILES string of the molecule is CC(C)(C)PCc1cc(-c2ccccc2)c(-c2ccccc2)cc1CP(C(C)(C)C)C(C)(C)C. The van der Waals surface area contributed by atoms with Crippen LogP contribution in [0.25, 0.3) is 22.3 Å². The maximum atomic E-state index is 2.55. The molecule has 0 nitrogen and oxygen atoms in total. The van der Waals surface area contributed by atoms with Gasteiger partial charge >= 0.3 is 0 Å². The molecule has 0 fully saturated rings. The molecule has 3 aromatic rings. The van der Waals surface area contributed by atoms with Crippen molar-refractivity contribution in [1.82, 2.24) is 0 Å². The first-order chi connectivity index (χ1) is 15.8. The molecular weight excluding hydrogens is 446 g/mol. The molecule has 0 radical (unpaired) electrons. The lowest BCUT2D eigenvalue weighted by molar-refractivity contribution is 0.702. The number of hydrogen-bond donors (Lipinski definition) is 0. The standard InChI is InChI=1S/C32H44P2/c1-30(2,3)33-22-26-20-28(24-16-12-10-13-17-24)29(25-18-14-11-15-19-25)21-27(26)23-34(31(4,5)6)32(7,8)9/h10-21,33H,22-23H2,1-9H3. The Morgan fingerprint density at radius 1 is 0.588 bits per heavy atom. The summed E-state index contributed by atoms with van der Waals surface area (Å²) in [5, 5.41) is 0.964. The summed E-state index contributed by atoms with van der Waals surface area (Å²) < 4.78 is 0. The van der Waals surface area contributed by atoms with Crippen molar-refractivity contribution in [3.05, 3.63) is 83.9 Å². The average Bonchev–Trinajstić information content (AvgIpc) is 2.75. The van der Waals surface area contributed by atoms with Gasteiger partial charge in [0.25, 0.3) is 0 Å². The Kier molecular flexibility index (Phi) is 8.49. The van der Waals surface area contributed by atoms with Crippen molar-refractivity contribution in [1.29, 1.82) is 0 Å². The van der Waals surface area contributed by atoms with Gasteiger partial charge in [-0.2, -0.15) is 0 Å². The van der Waals surface area contributed by atoms with Crippen molar-refractivity contribution in [3.63, 3.8) is 0 Å². The van der Waals surface area contributed by atoms with Gasteiger partial charge in [-0.15, -0.1) is 8.58 Å². The van der Waals surface area contributed by atoms with Crippen LogP contribution in [-0.4, -0.2) is 15.5 Å². The summed E-state index contributed by atoms with van der Waals surface area (Å²) in [7, 11) is 0.694. The third-order valence-corrected chi connectivity index (χ3v) is 11.8. The summed E-state index contributed by atoms with van der Waals surface area (Å²) in [4.78, 5) is 0. The van der Waals surface area contributed by atoms with Crippen LogP contribution in [0, 0.1) is 0 Å². The molecule has 0 aliphatic rings. The molecule has 0 amide bonds. The van der Waals surface area contributed by atoms with E-state index >= 15 is 0 Å². The van der Waals surface area contributed by atoms with Gasteiger partial charge in [0.15, 0.2) is 0 Å². The topological polar surface area (TPSA) is 0 Å². The van der Waals surface area contributed by atoms with Crippen LogP contribution >= 0.6 is 16.5 Å². The predicted octanol–water partition coefficient (Wildman–Crippen LogP) is 10.6. The molecule has 3 rings (SSSR count). The molecular formula is C32H44P2. The van der Waals surface area contributed by atoms with Crippen LogP contribution in [-0.2, 0) is 12.3 Å². The van der Waals surface area contributed by atoms with Gasteiger partial charge in [0.05, 0.1) is 0 Å². The molecule has 2 heteroatoms. The van der Waals surface area contributed by atoms with E-state index < -0.39 is 0 Å². The number of hydrogen-bond acceptors (Lipinski definition) is 0. The van der Waals surface area contributed by atoms with E-state index in [0.717, 1.165) is 14.7 Å². The van der Waals surface area contributed by atoms with Gasteiger partial charge in [-0.25, -0.2) is 0 Å². The van der Waals surface area contributed by atoms with Crippen LogP contribution in [0.3, 0.4) is 0 Å². The van der Waals surface area contributed by atoms with Crippen molar-refractivity contribution in [3.8, 4) is 22.3 Å². The van der Waals surface area contributed by atoms with E-state index in [1.165, 1.54) is 28.4 Å². The monoisotopic (exact) mass is 490 g/mol. The van der Waals surface area contributed by atoms with E-state index in [-0.39, 0.29) is 7.92 Å². The fraction of sp³-hybridized carbons (Fsp3) is 0.438. The van der Waals surface area contributed by atoms with Crippen molar-refractivity contribution in [2.75, 3.05) is 0 Å². The van der Waals surface area contributed by atoms with Gasteiger partial charge in [-0.05, 0) is 73.3 Å². The largest absolute Gasteiger partial charge is 0.112 e. The summed E-state index contributed by atoms with van der Waals surface area (Å²) in [5.41, 5.74) is 8.45. The van der Waals surface area contributed by atoms with E-state index in [9.17, 15) is 0 Å². The van der Waals surface area contributed by atoms with Crippen molar-refractivity contribution in [2.24, 2.45) is 0 Å². The third-order valence-electron chi connectivity index (χ3n) is 6.27. The van der Waals surface area contributed by atoms with Gasteiger partial charge in [0, 0.05) is 0 Å². The Labute approximate surface area is 212 Å². The Bertz CT molecular complexity index is 1050. The number of rotatable bonds is 6. The zero-order chi connectivity index (χ0) is 25.1. The van der Waals surface area contributed by atoms with E-state index in [4.69, 9.17) is 0 Å². The van der Waals surface area contributed by atoms with Crippen LogP contribution in [0.15, 0.2) is 72.8 Å². The highest BCUT2D eigenvalue weighted by Crippen LogP contribution is 2.62. The third kappa shape index (κ3) is 7.26. The lowest BCUT2D eigenvalue weighted by Gasteiger charge is -2.42. The zero-order valence-electron chi connectivity index (χ0n) is 22.8. The van der Waals surface area contributed by atoms with E-state index in [1.54, 1.807) is 11.1 Å². The predicted molar refractivity (Wildman–Crippen MR) is 159 cm³/mol. The van der Waals surface area contributed by atoms with Crippen molar-refractivity contribution in [2.45, 2.75) is 90.1 Å². The molecule has 3 aromatic carbocycles. The van der Waals surface area contributed by atoms with E-state index in [0.29, 0.717) is 15.5 Å². The Morgan fingerprint density at radius 2 is 1.00 bits per heavy atom. The minimum Gasteiger partial charge on any atom is -0.112 e. The maximum Gasteiger partial charge on any atom is -0.00606 e. The van der Waals surface area contributed by atoms with Crippen LogP contribution < -0.4 is 0 Å². The normalized spacial score (nSPS) is 13.2. The first kappa shape index (κ1) is 27.1. The van der Waals surface area contributed by atoms with E-state index in [1.807, 2.05) is 0 Å².